The van der Waals surface area contributed by atoms with E-state index < -0.39 is 0 Å². The summed E-state index contributed by atoms with van der Waals surface area (Å²) in [6.07, 6.45) is 5.83. The zero-order valence-corrected chi connectivity index (χ0v) is 29.6. The van der Waals surface area contributed by atoms with Gasteiger partial charge in [-0.25, -0.2) is 4.98 Å². The van der Waals surface area contributed by atoms with E-state index in [1.54, 1.807) is 0 Å². The summed E-state index contributed by atoms with van der Waals surface area (Å²) < 4.78 is 11.4. The van der Waals surface area contributed by atoms with Crippen LogP contribution in [0.1, 0.15) is 18.2 Å². The lowest BCUT2D eigenvalue weighted by Crippen LogP contribution is -1.98. The second kappa shape index (κ2) is 11.7. The largest absolute Gasteiger partial charge is 0.452 e. The van der Waals surface area contributed by atoms with Crippen LogP contribution in [0.25, 0.3) is 111 Å². The van der Waals surface area contributed by atoms with Gasteiger partial charge in [0.05, 0.1) is 27.6 Å². The molecule has 54 heavy (non-hydrogen) atoms. The molecule has 0 aliphatic heterocycles. The first-order valence-electron chi connectivity index (χ1n) is 18.4. The van der Waals surface area contributed by atoms with Gasteiger partial charge in [0.2, 0.25) is 0 Å². The van der Waals surface area contributed by atoms with E-state index in [-0.39, 0.29) is 0 Å². The number of benzene rings is 7. The zero-order valence-electron chi connectivity index (χ0n) is 29.6. The van der Waals surface area contributed by atoms with Gasteiger partial charge >= 0.3 is 0 Å². The number of rotatable bonds is 5. The molecule has 0 aliphatic carbocycles. The highest BCUT2D eigenvalue weighted by molar-refractivity contribution is 6.22. The number of para-hydroxylation sites is 3. The Hall–Kier alpha value is -7.17. The molecular formula is C50H33N3O. The summed E-state index contributed by atoms with van der Waals surface area (Å²) in [6.45, 7) is 6.13. The SMILES string of the molecule is C=Cc1c(/C=C\C)oc2c(-n3c4ccccc4c4cc(-c5ccc6c(c5)c5c7ccccc7ccc5n6-c5ccccc5)ccc43)c3ccccc3nc12. The molecule has 0 N–H and O–H groups in total. The molecule has 0 saturated heterocycles. The highest BCUT2D eigenvalue weighted by Gasteiger charge is 2.23. The van der Waals surface area contributed by atoms with E-state index in [1.807, 2.05) is 31.2 Å². The molecule has 0 radical (unpaired) electrons. The van der Waals surface area contributed by atoms with Crippen molar-refractivity contribution in [1.29, 1.82) is 0 Å². The number of furan rings is 1. The van der Waals surface area contributed by atoms with Crippen molar-refractivity contribution in [1.82, 2.24) is 14.1 Å². The van der Waals surface area contributed by atoms with Crippen LogP contribution in [-0.2, 0) is 0 Å². The second-order valence-electron chi connectivity index (χ2n) is 13.9. The summed E-state index contributed by atoms with van der Waals surface area (Å²) in [4.78, 5) is 5.11. The molecule has 0 atom stereocenters. The molecule has 4 heteroatoms. The molecule has 254 valence electrons. The van der Waals surface area contributed by atoms with Gasteiger partial charge in [-0.2, -0.15) is 0 Å². The van der Waals surface area contributed by atoms with E-state index in [0.717, 1.165) is 55.7 Å². The van der Waals surface area contributed by atoms with Crippen LogP contribution in [0.4, 0.5) is 0 Å². The summed E-state index contributed by atoms with van der Waals surface area (Å²) in [6, 6.07) is 54.7. The van der Waals surface area contributed by atoms with Crippen molar-refractivity contribution in [2.45, 2.75) is 6.92 Å². The minimum atomic E-state index is 0.746. The molecule has 0 fully saturated rings. The standard InChI is InChI=1S/C50H33N3O/c1-3-14-46-35(4-2)48-50(54-46)49(38-20-10-12-21-41(38)51-48)53-42-22-13-11-19-37(42)39-29-32(24-26-43(39)53)33-25-27-44-40(30-33)47-36-18-9-8-15-31(36)23-28-45(47)52(44)34-16-6-5-7-17-34/h3-30H,2H2,1H3/b14-3-. The normalized spacial score (nSPS) is 12.2. The van der Waals surface area contributed by atoms with Crippen LogP contribution < -0.4 is 0 Å². The van der Waals surface area contributed by atoms with E-state index >= 15 is 0 Å². The summed E-state index contributed by atoms with van der Waals surface area (Å²) in [5.41, 5.74) is 12.5. The molecule has 0 amide bonds. The molecular weight excluding hydrogens is 659 g/mol. The van der Waals surface area contributed by atoms with Gasteiger partial charge in [-0.15, -0.1) is 0 Å². The number of fused-ring (bicyclic) bond motifs is 10. The fourth-order valence-electron chi connectivity index (χ4n) is 8.65. The number of hydrogen-bond acceptors (Lipinski definition) is 2. The van der Waals surface area contributed by atoms with Crippen LogP contribution in [0.3, 0.4) is 0 Å². The highest BCUT2D eigenvalue weighted by atomic mass is 16.3. The van der Waals surface area contributed by atoms with E-state index in [1.165, 1.54) is 54.5 Å². The monoisotopic (exact) mass is 691 g/mol. The Morgan fingerprint density at radius 2 is 1.22 bits per heavy atom. The van der Waals surface area contributed by atoms with Crippen molar-refractivity contribution in [3.8, 4) is 22.5 Å². The molecule has 4 aromatic heterocycles. The van der Waals surface area contributed by atoms with Crippen LogP contribution in [0.2, 0.25) is 0 Å². The number of pyridine rings is 1. The molecule has 0 saturated carbocycles. The topological polar surface area (TPSA) is 35.9 Å². The van der Waals surface area contributed by atoms with Crippen molar-refractivity contribution >= 4 is 88.5 Å². The van der Waals surface area contributed by atoms with Crippen LogP contribution in [0, 0.1) is 0 Å². The molecule has 0 bridgehead atoms. The molecule has 7 aromatic carbocycles. The smallest absolute Gasteiger partial charge is 0.178 e. The third kappa shape index (κ3) is 4.28. The maximum Gasteiger partial charge on any atom is 0.178 e. The van der Waals surface area contributed by atoms with Crippen molar-refractivity contribution < 1.29 is 4.42 Å². The van der Waals surface area contributed by atoms with Crippen LogP contribution >= 0.6 is 0 Å². The van der Waals surface area contributed by atoms with Gasteiger partial charge in [-0.3, -0.25) is 0 Å². The molecule has 4 nitrogen and oxygen atoms in total. The first-order chi connectivity index (χ1) is 26.7. The Morgan fingerprint density at radius 1 is 0.574 bits per heavy atom. The predicted molar refractivity (Wildman–Crippen MR) is 228 cm³/mol. The fraction of sp³-hybridized carbons (Fsp3) is 0.0200. The summed E-state index contributed by atoms with van der Waals surface area (Å²) in [7, 11) is 0. The van der Waals surface area contributed by atoms with Crippen molar-refractivity contribution in [2.24, 2.45) is 0 Å². The summed E-state index contributed by atoms with van der Waals surface area (Å²) in [5.74, 6) is 0.756. The van der Waals surface area contributed by atoms with Crippen molar-refractivity contribution in [2.75, 3.05) is 0 Å². The quantitative estimate of drug-likeness (QED) is 0.180. The Labute approximate surface area is 311 Å². The van der Waals surface area contributed by atoms with Gasteiger partial charge < -0.3 is 13.6 Å². The molecule has 0 unspecified atom stereocenters. The Balaban J connectivity index is 1.19. The molecule has 4 heterocycles. The van der Waals surface area contributed by atoms with E-state index in [9.17, 15) is 0 Å². The van der Waals surface area contributed by atoms with Gasteiger partial charge in [-0.1, -0.05) is 116 Å². The first kappa shape index (κ1) is 30.5. The lowest BCUT2D eigenvalue weighted by atomic mass is 9.99. The van der Waals surface area contributed by atoms with Crippen LogP contribution in [0.15, 0.2) is 169 Å². The molecule has 11 rings (SSSR count). The Kier molecular flexibility index (Phi) is 6.58. The van der Waals surface area contributed by atoms with Gasteiger partial charge in [0.1, 0.15) is 17.0 Å². The minimum Gasteiger partial charge on any atom is -0.452 e. The number of allylic oxidation sites excluding steroid dienone is 1. The van der Waals surface area contributed by atoms with Crippen molar-refractivity contribution in [3.05, 3.63) is 176 Å². The lowest BCUT2D eigenvalue weighted by Gasteiger charge is -2.12. The Morgan fingerprint density at radius 3 is 2.02 bits per heavy atom. The molecule has 0 spiro atoms. The maximum atomic E-state index is 6.68. The molecule has 0 aliphatic rings. The Bertz CT molecular complexity index is 3360. The van der Waals surface area contributed by atoms with Crippen LogP contribution in [0.5, 0.6) is 0 Å². The lowest BCUT2D eigenvalue weighted by molar-refractivity contribution is 0.602. The third-order valence-corrected chi connectivity index (χ3v) is 11.0. The predicted octanol–water partition coefficient (Wildman–Crippen LogP) is 13.7. The average molecular weight is 692 g/mol. The van der Waals surface area contributed by atoms with Gasteiger partial charge in [-0.05, 0) is 89.5 Å². The fourth-order valence-corrected chi connectivity index (χ4v) is 8.65. The second-order valence-corrected chi connectivity index (χ2v) is 13.9. The van der Waals surface area contributed by atoms with Gasteiger partial charge in [0.15, 0.2) is 5.58 Å². The average Bonchev–Trinajstić information content (AvgIpc) is 3.87. The van der Waals surface area contributed by atoms with Gasteiger partial charge in [0.25, 0.3) is 0 Å². The van der Waals surface area contributed by atoms with Crippen LogP contribution in [-0.4, -0.2) is 14.1 Å². The summed E-state index contributed by atoms with van der Waals surface area (Å²) in [5, 5.41) is 8.40. The number of hydrogen-bond donors (Lipinski definition) is 0. The maximum absolute atomic E-state index is 6.68. The van der Waals surface area contributed by atoms with E-state index in [4.69, 9.17) is 9.40 Å². The van der Waals surface area contributed by atoms with E-state index in [0.29, 0.717) is 0 Å². The first-order valence-corrected chi connectivity index (χ1v) is 18.4. The minimum absolute atomic E-state index is 0.746. The molecule has 11 aromatic rings. The highest BCUT2D eigenvalue weighted by Crippen LogP contribution is 2.43. The summed E-state index contributed by atoms with van der Waals surface area (Å²) >= 11 is 0. The zero-order chi connectivity index (χ0) is 35.9. The van der Waals surface area contributed by atoms with Gasteiger partial charge in [0, 0.05) is 38.2 Å². The number of aromatic nitrogens is 3. The van der Waals surface area contributed by atoms with Crippen molar-refractivity contribution in [3.63, 3.8) is 0 Å². The third-order valence-electron chi connectivity index (χ3n) is 11.0. The number of nitrogens with zero attached hydrogens (tertiary/aromatic N) is 3. The van der Waals surface area contributed by atoms with E-state index in [2.05, 4.69) is 161 Å².